The maximum atomic E-state index is 5.58. The lowest BCUT2D eigenvalue weighted by molar-refractivity contribution is 0.563. The standard InChI is InChI=1S/C10H16N4/c1-14-9(5-11)12-13-10(14)8-3-6-2-7(6)4-8/h6-8H,2-5,11H2,1H3. The summed E-state index contributed by atoms with van der Waals surface area (Å²) in [6, 6.07) is 0. The molecule has 2 fully saturated rings. The van der Waals surface area contributed by atoms with Gasteiger partial charge in [-0.05, 0) is 31.1 Å². The Balaban J connectivity index is 1.85. The molecule has 2 aliphatic carbocycles. The predicted octanol–water partition coefficient (Wildman–Crippen LogP) is 0.787. The zero-order valence-corrected chi connectivity index (χ0v) is 8.48. The molecule has 0 radical (unpaired) electrons. The van der Waals surface area contributed by atoms with E-state index in [4.69, 9.17) is 5.73 Å². The van der Waals surface area contributed by atoms with E-state index in [-0.39, 0.29) is 0 Å². The van der Waals surface area contributed by atoms with Gasteiger partial charge in [-0.15, -0.1) is 10.2 Å². The van der Waals surface area contributed by atoms with Gasteiger partial charge in [0, 0.05) is 13.0 Å². The molecule has 2 saturated carbocycles. The minimum absolute atomic E-state index is 0.489. The fourth-order valence-corrected chi connectivity index (χ4v) is 2.83. The molecule has 2 N–H and O–H groups in total. The van der Waals surface area contributed by atoms with Gasteiger partial charge in [0.1, 0.15) is 11.6 Å². The van der Waals surface area contributed by atoms with Crippen molar-refractivity contribution < 1.29 is 0 Å². The van der Waals surface area contributed by atoms with Crippen LogP contribution in [0.25, 0.3) is 0 Å². The molecule has 2 unspecified atom stereocenters. The zero-order valence-electron chi connectivity index (χ0n) is 8.48. The molecular weight excluding hydrogens is 176 g/mol. The molecule has 0 aliphatic heterocycles. The van der Waals surface area contributed by atoms with Crippen LogP contribution < -0.4 is 5.73 Å². The summed E-state index contributed by atoms with van der Waals surface area (Å²) in [7, 11) is 2.03. The van der Waals surface area contributed by atoms with E-state index in [1.807, 2.05) is 7.05 Å². The number of hydrogen-bond donors (Lipinski definition) is 1. The molecule has 76 valence electrons. The summed E-state index contributed by atoms with van der Waals surface area (Å²) in [6.45, 7) is 0.489. The zero-order chi connectivity index (χ0) is 9.71. The third-order valence-corrected chi connectivity index (χ3v) is 3.79. The Kier molecular flexibility index (Phi) is 1.68. The van der Waals surface area contributed by atoms with Crippen LogP contribution in [0.5, 0.6) is 0 Å². The molecule has 0 spiro atoms. The smallest absolute Gasteiger partial charge is 0.146 e. The monoisotopic (exact) mass is 192 g/mol. The second-order valence-electron chi connectivity index (χ2n) is 4.66. The maximum absolute atomic E-state index is 5.58. The van der Waals surface area contributed by atoms with Crippen LogP contribution in [0.15, 0.2) is 0 Å². The Morgan fingerprint density at radius 3 is 2.57 bits per heavy atom. The summed E-state index contributed by atoms with van der Waals surface area (Å²) in [5, 5.41) is 8.36. The Labute approximate surface area is 83.5 Å². The third kappa shape index (κ3) is 1.10. The van der Waals surface area contributed by atoms with Crippen molar-refractivity contribution in [2.45, 2.75) is 31.7 Å². The summed E-state index contributed by atoms with van der Waals surface area (Å²) in [5.41, 5.74) is 5.58. The van der Waals surface area contributed by atoms with Crippen LogP contribution in [0.2, 0.25) is 0 Å². The van der Waals surface area contributed by atoms with Crippen molar-refractivity contribution in [2.75, 3.05) is 0 Å². The van der Waals surface area contributed by atoms with E-state index < -0.39 is 0 Å². The fraction of sp³-hybridized carbons (Fsp3) is 0.800. The molecular formula is C10H16N4. The van der Waals surface area contributed by atoms with Gasteiger partial charge in [0.05, 0.1) is 6.54 Å². The summed E-state index contributed by atoms with van der Waals surface area (Å²) in [5.74, 6) is 4.70. The van der Waals surface area contributed by atoms with E-state index in [9.17, 15) is 0 Å². The molecule has 1 aromatic rings. The maximum Gasteiger partial charge on any atom is 0.146 e. The Hall–Kier alpha value is -0.900. The highest BCUT2D eigenvalue weighted by molar-refractivity contribution is 5.10. The highest BCUT2D eigenvalue weighted by atomic mass is 15.3. The van der Waals surface area contributed by atoms with Gasteiger partial charge < -0.3 is 10.3 Å². The first kappa shape index (κ1) is 8.41. The lowest BCUT2D eigenvalue weighted by atomic mass is 10.0. The van der Waals surface area contributed by atoms with Gasteiger partial charge in [0.15, 0.2) is 0 Å². The van der Waals surface area contributed by atoms with E-state index in [1.54, 1.807) is 0 Å². The summed E-state index contributed by atoms with van der Waals surface area (Å²) >= 11 is 0. The minimum Gasteiger partial charge on any atom is -0.324 e. The topological polar surface area (TPSA) is 56.7 Å². The molecule has 2 atom stereocenters. The average Bonchev–Trinajstić information content (AvgIpc) is 2.65. The third-order valence-electron chi connectivity index (χ3n) is 3.79. The van der Waals surface area contributed by atoms with Crippen LogP contribution in [-0.4, -0.2) is 14.8 Å². The largest absolute Gasteiger partial charge is 0.324 e. The van der Waals surface area contributed by atoms with Crippen molar-refractivity contribution in [3.05, 3.63) is 11.6 Å². The quantitative estimate of drug-likeness (QED) is 0.753. The van der Waals surface area contributed by atoms with E-state index in [1.165, 1.54) is 19.3 Å². The molecule has 1 heterocycles. The first-order valence-corrected chi connectivity index (χ1v) is 5.37. The SMILES string of the molecule is Cn1c(CN)nnc1C1CC2CC2C1. The van der Waals surface area contributed by atoms with Crippen LogP contribution in [0.4, 0.5) is 0 Å². The van der Waals surface area contributed by atoms with Crippen molar-refractivity contribution >= 4 is 0 Å². The Morgan fingerprint density at radius 1 is 1.29 bits per heavy atom. The molecule has 1 aromatic heterocycles. The first-order valence-electron chi connectivity index (χ1n) is 5.37. The van der Waals surface area contributed by atoms with E-state index >= 15 is 0 Å². The summed E-state index contributed by atoms with van der Waals surface area (Å²) < 4.78 is 2.08. The number of aromatic nitrogens is 3. The van der Waals surface area contributed by atoms with Crippen LogP contribution in [0, 0.1) is 11.8 Å². The van der Waals surface area contributed by atoms with Crippen LogP contribution in [-0.2, 0) is 13.6 Å². The van der Waals surface area contributed by atoms with E-state index in [0.717, 1.165) is 23.5 Å². The van der Waals surface area contributed by atoms with Gasteiger partial charge >= 0.3 is 0 Å². The molecule has 0 saturated heterocycles. The van der Waals surface area contributed by atoms with Gasteiger partial charge in [-0.25, -0.2) is 0 Å². The molecule has 3 rings (SSSR count). The number of rotatable bonds is 2. The lowest BCUT2D eigenvalue weighted by Crippen LogP contribution is -2.09. The number of hydrogen-bond acceptors (Lipinski definition) is 3. The normalized spacial score (nSPS) is 34.6. The van der Waals surface area contributed by atoms with Crippen molar-refractivity contribution in [2.24, 2.45) is 24.6 Å². The highest BCUT2D eigenvalue weighted by Gasteiger charge is 2.47. The van der Waals surface area contributed by atoms with Gasteiger partial charge in [-0.3, -0.25) is 0 Å². The second-order valence-corrected chi connectivity index (χ2v) is 4.66. The molecule has 14 heavy (non-hydrogen) atoms. The van der Waals surface area contributed by atoms with Crippen LogP contribution in [0.1, 0.15) is 36.8 Å². The average molecular weight is 192 g/mol. The van der Waals surface area contributed by atoms with E-state index in [2.05, 4.69) is 14.8 Å². The van der Waals surface area contributed by atoms with Gasteiger partial charge in [-0.1, -0.05) is 0 Å². The summed E-state index contributed by atoms with van der Waals surface area (Å²) in [4.78, 5) is 0. The van der Waals surface area contributed by atoms with Crippen molar-refractivity contribution in [1.82, 2.24) is 14.8 Å². The molecule has 0 bridgehead atoms. The molecule has 0 amide bonds. The van der Waals surface area contributed by atoms with E-state index in [0.29, 0.717) is 12.5 Å². The lowest BCUT2D eigenvalue weighted by Gasteiger charge is -2.10. The minimum atomic E-state index is 0.489. The molecule has 4 heteroatoms. The number of nitrogens with zero attached hydrogens (tertiary/aromatic N) is 3. The number of nitrogens with two attached hydrogens (primary N) is 1. The van der Waals surface area contributed by atoms with Crippen molar-refractivity contribution in [3.63, 3.8) is 0 Å². The van der Waals surface area contributed by atoms with Crippen LogP contribution >= 0.6 is 0 Å². The Bertz CT molecular complexity index is 347. The van der Waals surface area contributed by atoms with Crippen LogP contribution in [0.3, 0.4) is 0 Å². The first-order chi connectivity index (χ1) is 6.79. The van der Waals surface area contributed by atoms with Gasteiger partial charge in [0.25, 0.3) is 0 Å². The summed E-state index contributed by atoms with van der Waals surface area (Å²) in [6.07, 6.45) is 4.10. The molecule has 0 aromatic carbocycles. The molecule has 2 aliphatic rings. The predicted molar refractivity (Wildman–Crippen MR) is 52.5 cm³/mol. The van der Waals surface area contributed by atoms with Gasteiger partial charge in [-0.2, -0.15) is 0 Å². The fourth-order valence-electron chi connectivity index (χ4n) is 2.83. The van der Waals surface area contributed by atoms with Gasteiger partial charge in [0.2, 0.25) is 0 Å². The second kappa shape index (κ2) is 2.79. The Morgan fingerprint density at radius 2 is 2.00 bits per heavy atom. The highest BCUT2D eigenvalue weighted by Crippen LogP contribution is 2.57. The molecule has 4 nitrogen and oxygen atoms in total. The van der Waals surface area contributed by atoms with Crippen molar-refractivity contribution in [1.29, 1.82) is 0 Å². The van der Waals surface area contributed by atoms with Crippen molar-refractivity contribution in [3.8, 4) is 0 Å². The number of fused-ring (bicyclic) bond motifs is 1.